The Balaban J connectivity index is 2.20. The molecule has 0 radical (unpaired) electrons. The first-order valence-electron chi connectivity index (χ1n) is 5.76. The first-order chi connectivity index (χ1) is 9.38. The van der Waals surface area contributed by atoms with Crippen molar-refractivity contribution in [3.63, 3.8) is 0 Å². The van der Waals surface area contributed by atoms with E-state index in [1.165, 1.54) is 0 Å². The van der Waals surface area contributed by atoms with Crippen molar-refractivity contribution in [3.05, 3.63) is 39.9 Å². The zero-order valence-corrected chi connectivity index (χ0v) is 12.4. The van der Waals surface area contributed by atoms with Gasteiger partial charge in [0, 0.05) is 18.8 Å². The minimum absolute atomic E-state index is 0.127. The standard InChI is InChI=1S/C12H13Cl2N5O/c1-6-3-8(13)17-11(14)10(6)18-12(20)9(15)7-4-16-19(2)5-7/h3-5,9H,15H2,1-2H3,(H,18,20). The van der Waals surface area contributed by atoms with Crippen LogP contribution in [0.5, 0.6) is 0 Å². The van der Waals surface area contributed by atoms with Crippen molar-refractivity contribution in [1.82, 2.24) is 14.8 Å². The first kappa shape index (κ1) is 14.8. The molecule has 2 heterocycles. The zero-order valence-electron chi connectivity index (χ0n) is 10.9. The number of anilines is 1. The Morgan fingerprint density at radius 3 is 2.75 bits per heavy atom. The van der Waals surface area contributed by atoms with Gasteiger partial charge in [-0.2, -0.15) is 5.10 Å². The van der Waals surface area contributed by atoms with E-state index >= 15 is 0 Å². The van der Waals surface area contributed by atoms with Gasteiger partial charge in [0.15, 0.2) is 5.15 Å². The molecule has 0 aliphatic rings. The molecule has 0 bridgehead atoms. The normalized spacial score (nSPS) is 12.2. The molecule has 1 amide bonds. The van der Waals surface area contributed by atoms with Crippen molar-refractivity contribution in [3.8, 4) is 0 Å². The van der Waals surface area contributed by atoms with E-state index in [9.17, 15) is 4.79 Å². The lowest BCUT2D eigenvalue weighted by atomic mass is 10.1. The second-order valence-electron chi connectivity index (χ2n) is 4.34. The minimum Gasteiger partial charge on any atom is -0.322 e. The number of nitrogens with two attached hydrogens (primary N) is 1. The summed E-state index contributed by atoms with van der Waals surface area (Å²) in [5.41, 5.74) is 7.60. The largest absolute Gasteiger partial charge is 0.322 e. The molecule has 0 saturated heterocycles. The topological polar surface area (TPSA) is 85.8 Å². The second-order valence-corrected chi connectivity index (χ2v) is 5.09. The van der Waals surface area contributed by atoms with E-state index in [1.807, 2.05) is 0 Å². The monoisotopic (exact) mass is 313 g/mol. The van der Waals surface area contributed by atoms with Gasteiger partial charge in [-0.25, -0.2) is 4.98 Å². The number of carbonyl (C=O) groups excluding carboxylic acids is 1. The van der Waals surface area contributed by atoms with Crippen LogP contribution in [0.1, 0.15) is 17.2 Å². The number of hydrogen-bond donors (Lipinski definition) is 2. The van der Waals surface area contributed by atoms with Crippen LogP contribution >= 0.6 is 23.2 Å². The molecule has 0 aliphatic heterocycles. The van der Waals surface area contributed by atoms with Crippen molar-refractivity contribution in [2.45, 2.75) is 13.0 Å². The Bertz CT molecular complexity index is 632. The molecule has 8 heteroatoms. The number of aromatic nitrogens is 3. The molecule has 2 aromatic heterocycles. The Morgan fingerprint density at radius 2 is 2.20 bits per heavy atom. The molecule has 0 aromatic carbocycles. The predicted octanol–water partition coefficient (Wildman–Crippen LogP) is 2.07. The highest BCUT2D eigenvalue weighted by molar-refractivity contribution is 6.34. The van der Waals surface area contributed by atoms with Gasteiger partial charge in [0.05, 0.1) is 11.9 Å². The van der Waals surface area contributed by atoms with Gasteiger partial charge >= 0.3 is 0 Å². The summed E-state index contributed by atoms with van der Waals surface area (Å²) in [5, 5.41) is 7.03. The predicted molar refractivity (Wildman–Crippen MR) is 77.8 cm³/mol. The molecule has 1 unspecified atom stereocenters. The zero-order chi connectivity index (χ0) is 14.9. The van der Waals surface area contributed by atoms with Gasteiger partial charge in [0.25, 0.3) is 0 Å². The van der Waals surface area contributed by atoms with Crippen molar-refractivity contribution in [2.75, 3.05) is 5.32 Å². The van der Waals surface area contributed by atoms with Gasteiger partial charge in [-0.15, -0.1) is 0 Å². The third-order valence-corrected chi connectivity index (χ3v) is 3.22. The van der Waals surface area contributed by atoms with Crippen LogP contribution in [0.25, 0.3) is 0 Å². The van der Waals surface area contributed by atoms with Crippen molar-refractivity contribution in [2.24, 2.45) is 12.8 Å². The summed E-state index contributed by atoms with van der Waals surface area (Å²) in [6.45, 7) is 1.77. The average molecular weight is 314 g/mol. The highest BCUT2D eigenvalue weighted by Crippen LogP contribution is 2.27. The number of nitrogens with zero attached hydrogens (tertiary/aromatic N) is 3. The smallest absolute Gasteiger partial charge is 0.246 e. The molecule has 2 rings (SSSR count). The number of pyridine rings is 1. The van der Waals surface area contributed by atoms with E-state index in [4.69, 9.17) is 28.9 Å². The lowest BCUT2D eigenvalue weighted by molar-refractivity contribution is -0.117. The van der Waals surface area contributed by atoms with Gasteiger partial charge in [-0.3, -0.25) is 9.48 Å². The fourth-order valence-corrected chi connectivity index (χ4v) is 2.28. The Hall–Kier alpha value is -1.63. The molecule has 0 saturated carbocycles. The van der Waals surface area contributed by atoms with Crippen LogP contribution in [0, 0.1) is 6.92 Å². The quantitative estimate of drug-likeness (QED) is 0.849. The fraction of sp³-hybridized carbons (Fsp3) is 0.250. The summed E-state index contributed by atoms with van der Waals surface area (Å²) in [7, 11) is 1.75. The lowest BCUT2D eigenvalue weighted by Crippen LogP contribution is -2.28. The number of amides is 1. The number of rotatable bonds is 3. The van der Waals surface area contributed by atoms with Crippen molar-refractivity contribution >= 4 is 34.8 Å². The minimum atomic E-state index is -0.838. The van der Waals surface area contributed by atoms with E-state index in [0.717, 1.165) is 0 Å². The first-order valence-corrected chi connectivity index (χ1v) is 6.51. The number of aryl methyl sites for hydroxylation is 2. The van der Waals surface area contributed by atoms with E-state index in [1.54, 1.807) is 37.1 Å². The summed E-state index contributed by atoms with van der Waals surface area (Å²) in [6.07, 6.45) is 3.22. The van der Waals surface area contributed by atoms with Gasteiger partial charge in [0.1, 0.15) is 11.2 Å². The number of nitrogens with one attached hydrogen (secondary N) is 1. The van der Waals surface area contributed by atoms with E-state index in [-0.39, 0.29) is 10.3 Å². The Morgan fingerprint density at radius 1 is 1.50 bits per heavy atom. The Kier molecular flexibility index (Phi) is 4.27. The highest BCUT2D eigenvalue weighted by Gasteiger charge is 2.19. The number of hydrogen-bond acceptors (Lipinski definition) is 4. The third-order valence-electron chi connectivity index (χ3n) is 2.76. The molecule has 1 atom stereocenters. The van der Waals surface area contributed by atoms with Gasteiger partial charge < -0.3 is 11.1 Å². The molecular weight excluding hydrogens is 301 g/mol. The average Bonchev–Trinajstić information content (AvgIpc) is 2.79. The van der Waals surface area contributed by atoms with Gasteiger partial charge in [-0.05, 0) is 18.6 Å². The maximum Gasteiger partial charge on any atom is 0.246 e. The summed E-state index contributed by atoms with van der Waals surface area (Å²) in [4.78, 5) is 16.0. The molecule has 0 fully saturated rings. The molecule has 3 N–H and O–H groups in total. The molecule has 0 spiro atoms. The summed E-state index contributed by atoms with van der Waals surface area (Å²) >= 11 is 11.7. The van der Waals surface area contributed by atoms with E-state index in [0.29, 0.717) is 16.8 Å². The SMILES string of the molecule is Cc1cc(Cl)nc(Cl)c1NC(=O)C(N)c1cnn(C)c1. The van der Waals surface area contributed by atoms with Gasteiger partial charge in [-0.1, -0.05) is 23.2 Å². The third kappa shape index (κ3) is 3.09. The molecule has 2 aromatic rings. The van der Waals surface area contributed by atoms with Crippen LogP contribution in [0.3, 0.4) is 0 Å². The Labute approximate surface area is 125 Å². The summed E-state index contributed by atoms with van der Waals surface area (Å²) in [5.74, 6) is -0.396. The molecule has 106 valence electrons. The number of carbonyl (C=O) groups is 1. The van der Waals surface area contributed by atoms with Crippen molar-refractivity contribution in [1.29, 1.82) is 0 Å². The molecule has 0 aliphatic carbocycles. The van der Waals surface area contributed by atoms with Crippen LogP contribution in [0.15, 0.2) is 18.5 Å². The van der Waals surface area contributed by atoms with Crippen LogP contribution in [-0.2, 0) is 11.8 Å². The van der Waals surface area contributed by atoms with Crippen molar-refractivity contribution < 1.29 is 4.79 Å². The molecular formula is C12H13Cl2N5O. The maximum atomic E-state index is 12.1. The highest BCUT2D eigenvalue weighted by atomic mass is 35.5. The fourth-order valence-electron chi connectivity index (χ4n) is 1.70. The van der Waals surface area contributed by atoms with Gasteiger partial charge in [0.2, 0.25) is 5.91 Å². The van der Waals surface area contributed by atoms with E-state index < -0.39 is 11.9 Å². The van der Waals surface area contributed by atoms with E-state index in [2.05, 4.69) is 15.4 Å². The lowest BCUT2D eigenvalue weighted by Gasteiger charge is -2.13. The van der Waals surface area contributed by atoms with Crippen LogP contribution in [-0.4, -0.2) is 20.7 Å². The van der Waals surface area contributed by atoms with Crippen LogP contribution < -0.4 is 11.1 Å². The number of halogens is 2. The summed E-state index contributed by atoms with van der Waals surface area (Å²) < 4.78 is 1.57. The van der Waals surface area contributed by atoms with Crippen LogP contribution in [0.2, 0.25) is 10.3 Å². The molecule has 6 nitrogen and oxygen atoms in total. The summed E-state index contributed by atoms with van der Waals surface area (Å²) in [6, 6.07) is 0.772. The second kappa shape index (κ2) is 5.78. The molecule has 20 heavy (non-hydrogen) atoms. The maximum absolute atomic E-state index is 12.1. The van der Waals surface area contributed by atoms with Crippen LogP contribution in [0.4, 0.5) is 5.69 Å².